The molecule has 4 atom stereocenters. The fraction of sp³-hybridized carbons (Fsp3) is 0.500. The van der Waals surface area contributed by atoms with Gasteiger partial charge in [-0.25, -0.2) is 0 Å². The average Bonchev–Trinajstić information content (AvgIpc) is 3.14. The van der Waals surface area contributed by atoms with Crippen LogP contribution in [0.4, 0.5) is 0 Å². The van der Waals surface area contributed by atoms with E-state index in [0.717, 1.165) is 33.0 Å². The molecule has 0 radical (unpaired) electrons. The summed E-state index contributed by atoms with van der Waals surface area (Å²) in [5.41, 5.74) is -0.402. The zero-order chi connectivity index (χ0) is 27.8. The van der Waals surface area contributed by atoms with E-state index in [1.54, 1.807) is 0 Å². The van der Waals surface area contributed by atoms with E-state index in [1.807, 2.05) is 6.92 Å². The molecule has 1 aromatic heterocycles. The van der Waals surface area contributed by atoms with E-state index in [4.69, 9.17) is 32.8 Å². The second-order valence-corrected chi connectivity index (χ2v) is 8.60. The van der Waals surface area contributed by atoms with Crippen LogP contribution in [0.25, 0.3) is 11.0 Å². The van der Waals surface area contributed by atoms with E-state index in [2.05, 4.69) is 0 Å². The van der Waals surface area contributed by atoms with E-state index in [0.29, 0.717) is 6.42 Å². The van der Waals surface area contributed by atoms with Gasteiger partial charge in [0.15, 0.2) is 22.9 Å². The highest BCUT2D eigenvalue weighted by Gasteiger charge is 2.51. The molecule has 0 N–H and O–H groups in total. The van der Waals surface area contributed by atoms with Gasteiger partial charge >= 0.3 is 23.9 Å². The first-order valence-electron chi connectivity index (χ1n) is 12.2. The Morgan fingerprint density at radius 3 is 2.29 bits per heavy atom. The lowest BCUT2D eigenvalue weighted by Crippen LogP contribution is -2.42. The van der Waals surface area contributed by atoms with Crippen LogP contribution in [-0.2, 0) is 38.1 Å². The van der Waals surface area contributed by atoms with Gasteiger partial charge in [0, 0.05) is 33.3 Å². The number of carbonyl (C=O) groups excluding carboxylic acids is 4. The van der Waals surface area contributed by atoms with Gasteiger partial charge in [0.1, 0.15) is 12.7 Å². The Labute approximate surface area is 218 Å². The molecule has 0 unspecified atom stereocenters. The fourth-order valence-electron chi connectivity index (χ4n) is 3.88. The lowest BCUT2D eigenvalue weighted by molar-refractivity contribution is -0.170. The van der Waals surface area contributed by atoms with Gasteiger partial charge in [-0.15, -0.1) is 0 Å². The van der Waals surface area contributed by atoms with Crippen molar-refractivity contribution in [2.75, 3.05) is 6.61 Å². The number of fused-ring (bicyclic) bond motifs is 1. The van der Waals surface area contributed by atoms with Gasteiger partial charge < -0.3 is 32.8 Å². The second-order valence-electron chi connectivity index (χ2n) is 8.60. The molecule has 0 aliphatic carbocycles. The summed E-state index contributed by atoms with van der Waals surface area (Å²) in [6, 6.07) is 4.01. The highest BCUT2D eigenvalue weighted by atomic mass is 16.7. The van der Waals surface area contributed by atoms with Gasteiger partial charge in [-0.3, -0.25) is 24.0 Å². The number of benzene rings is 1. The summed E-state index contributed by atoms with van der Waals surface area (Å²) in [4.78, 5) is 60.0. The summed E-state index contributed by atoms with van der Waals surface area (Å²) in [5, 5.41) is 0.144. The number of hydrogen-bond donors (Lipinski definition) is 0. The molecule has 1 aromatic carbocycles. The highest BCUT2D eigenvalue weighted by Crippen LogP contribution is 2.38. The third-order valence-electron chi connectivity index (χ3n) is 5.51. The molecule has 206 valence electrons. The average molecular weight is 535 g/mol. The summed E-state index contributed by atoms with van der Waals surface area (Å²) in [6.07, 6.45) is -1.28. The number of rotatable bonds is 11. The minimum atomic E-state index is -1.38. The largest absolute Gasteiger partial charge is 0.463 e. The lowest BCUT2D eigenvalue weighted by atomic mass is 10.1. The number of ether oxygens (including phenoxy) is 6. The summed E-state index contributed by atoms with van der Waals surface area (Å²) in [7, 11) is 0. The first-order chi connectivity index (χ1) is 18.1. The Morgan fingerprint density at radius 2 is 1.63 bits per heavy atom. The minimum Gasteiger partial charge on any atom is -0.463 e. The molecule has 1 aliphatic heterocycles. The van der Waals surface area contributed by atoms with Gasteiger partial charge in [0.05, 0.1) is 11.6 Å². The molecule has 38 heavy (non-hydrogen) atoms. The summed E-state index contributed by atoms with van der Waals surface area (Å²) >= 11 is 0. The highest BCUT2D eigenvalue weighted by molar-refractivity contribution is 5.88. The summed E-state index contributed by atoms with van der Waals surface area (Å²) in [6.45, 7) is 5.17. The van der Waals surface area contributed by atoms with Gasteiger partial charge in [-0.2, -0.15) is 0 Å². The van der Waals surface area contributed by atoms with Crippen molar-refractivity contribution in [3.63, 3.8) is 0 Å². The van der Waals surface area contributed by atoms with Crippen LogP contribution < -0.4 is 14.9 Å². The molecule has 2 heterocycles. The van der Waals surface area contributed by atoms with E-state index in [9.17, 15) is 24.0 Å². The standard InChI is InChI=1S/C26H30O12/c1-5-6-7-8-21(31)38-23-19(10-9-17-18(30)11-12-32-22(17)23)36-26-25(35-16(4)29)24(34-15(3)28)20(37-26)13-33-14(2)27/h9-12,20,24-26H,5-8,13H2,1-4H3/t20-,24-,25+,26+/m1/s1. The minimum absolute atomic E-state index is 0.0335. The van der Waals surface area contributed by atoms with Crippen molar-refractivity contribution in [1.29, 1.82) is 0 Å². The normalized spacial score (nSPS) is 20.5. The van der Waals surface area contributed by atoms with E-state index >= 15 is 0 Å². The maximum atomic E-state index is 12.6. The summed E-state index contributed by atoms with van der Waals surface area (Å²) < 4.78 is 38.6. The van der Waals surface area contributed by atoms with Crippen molar-refractivity contribution in [1.82, 2.24) is 0 Å². The molecule has 0 spiro atoms. The number of unbranched alkanes of at least 4 members (excludes halogenated alkanes) is 2. The third kappa shape index (κ3) is 7.31. The van der Waals surface area contributed by atoms with Crippen molar-refractivity contribution < 1.29 is 52.0 Å². The zero-order valence-electron chi connectivity index (χ0n) is 21.6. The molecule has 1 aliphatic rings. The van der Waals surface area contributed by atoms with Crippen LogP contribution in [0.15, 0.2) is 33.7 Å². The number of carbonyl (C=O) groups is 4. The van der Waals surface area contributed by atoms with Crippen molar-refractivity contribution >= 4 is 34.8 Å². The topological polar surface area (TPSA) is 154 Å². The number of hydrogen-bond acceptors (Lipinski definition) is 12. The molecule has 1 fully saturated rings. The smallest absolute Gasteiger partial charge is 0.311 e. The van der Waals surface area contributed by atoms with Crippen LogP contribution >= 0.6 is 0 Å². The van der Waals surface area contributed by atoms with Crippen LogP contribution in [0, 0.1) is 0 Å². The van der Waals surface area contributed by atoms with Crippen LogP contribution in [0.3, 0.4) is 0 Å². The molecule has 0 saturated carbocycles. The van der Waals surface area contributed by atoms with E-state index < -0.39 is 48.5 Å². The molecule has 3 rings (SSSR count). The molecule has 0 bridgehead atoms. The molecule has 12 heteroatoms. The predicted octanol–water partition coefficient (Wildman–Crippen LogP) is 2.81. The molecule has 12 nitrogen and oxygen atoms in total. The van der Waals surface area contributed by atoms with Gasteiger partial charge in [-0.05, 0) is 18.6 Å². The Hall–Kier alpha value is -3.93. The second kappa shape index (κ2) is 13.0. The monoisotopic (exact) mass is 534 g/mol. The maximum absolute atomic E-state index is 12.6. The van der Waals surface area contributed by atoms with Gasteiger partial charge in [0.25, 0.3) is 0 Å². The summed E-state index contributed by atoms with van der Waals surface area (Å²) in [5.74, 6) is -2.82. The quantitative estimate of drug-likeness (QED) is 0.180. The van der Waals surface area contributed by atoms with Gasteiger partial charge in [0.2, 0.25) is 18.1 Å². The predicted molar refractivity (Wildman–Crippen MR) is 129 cm³/mol. The lowest BCUT2D eigenvalue weighted by Gasteiger charge is -2.24. The first-order valence-corrected chi connectivity index (χ1v) is 12.2. The van der Waals surface area contributed by atoms with Crippen LogP contribution in [-0.4, -0.2) is 55.1 Å². The molecular weight excluding hydrogens is 504 g/mol. The Kier molecular flexibility index (Phi) is 9.83. The molecule has 0 amide bonds. The van der Waals surface area contributed by atoms with E-state index in [-0.39, 0.29) is 40.9 Å². The van der Waals surface area contributed by atoms with Crippen LogP contribution in [0.2, 0.25) is 0 Å². The first kappa shape index (κ1) is 28.6. The molecular formula is C26H30O12. The SMILES string of the molecule is CCCCCC(=O)Oc1c(O[C@H]2O[C@H](COC(C)=O)[C@@H](OC(C)=O)[C@@H]2OC(C)=O)ccc2c(=O)ccoc12. The van der Waals surface area contributed by atoms with Crippen molar-refractivity contribution in [3.05, 3.63) is 34.7 Å². The van der Waals surface area contributed by atoms with Crippen molar-refractivity contribution in [2.45, 2.75) is 78.0 Å². The van der Waals surface area contributed by atoms with Crippen molar-refractivity contribution in [2.24, 2.45) is 0 Å². The van der Waals surface area contributed by atoms with E-state index in [1.165, 1.54) is 25.1 Å². The Bertz CT molecular complexity index is 1230. The molecule has 1 saturated heterocycles. The van der Waals surface area contributed by atoms with Gasteiger partial charge in [-0.1, -0.05) is 19.8 Å². The van der Waals surface area contributed by atoms with Crippen LogP contribution in [0.1, 0.15) is 53.4 Å². The number of esters is 4. The zero-order valence-corrected chi connectivity index (χ0v) is 21.6. The third-order valence-corrected chi connectivity index (χ3v) is 5.51. The Balaban J connectivity index is 1.99. The fourth-order valence-corrected chi connectivity index (χ4v) is 3.88. The Morgan fingerprint density at radius 1 is 0.921 bits per heavy atom. The van der Waals surface area contributed by atoms with Crippen LogP contribution in [0.5, 0.6) is 11.5 Å². The maximum Gasteiger partial charge on any atom is 0.311 e. The van der Waals surface area contributed by atoms with Crippen molar-refractivity contribution in [3.8, 4) is 11.5 Å². The molecule has 2 aromatic rings.